The number of thiophene rings is 1. The molecule has 0 atom stereocenters. The van der Waals surface area contributed by atoms with Crippen molar-refractivity contribution in [1.29, 1.82) is 0 Å². The van der Waals surface area contributed by atoms with Gasteiger partial charge in [0.2, 0.25) is 0 Å². The molecular formula is C12H12N4O2S. The van der Waals surface area contributed by atoms with Crippen molar-refractivity contribution in [2.75, 3.05) is 6.61 Å². The Bertz CT molecular complexity index is 790. The van der Waals surface area contributed by atoms with Crippen molar-refractivity contribution >= 4 is 33.2 Å². The highest BCUT2D eigenvalue weighted by Crippen LogP contribution is 2.32. The number of aryl methyl sites for hydroxylation is 2. The lowest BCUT2D eigenvalue weighted by molar-refractivity contribution is 0.0531. The Hall–Kier alpha value is -2.02. The molecule has 0 aliphatic carbocycles. The van der Waals surface area contributed by atoms with E-state index < -0.39 is 0 Å². The van der Waals surface area contributed by atoms with E-state index in [0.29, 0.717) is 11.5 Å². The lowest BCUT2D eigenvalue weighted by Crippen LogP contribution is -2.03. The summed E-state index contributed by atoms with van der Waals surface area (Å²) >= 11 is 1.33. The zero-order valence-electron chi connectivity index (χ0n) is 10.8. The molecule has 0 spiro atoms. The summed E-state index contributed by atoms with van der Waals surface area (Å²) in [5.41, 5.74) is 1.58. The smallest absolute Gasteiger partial charge is 0.348 e. The SMILES string of the molecule is CCOC(=O)c1sc2ncn3c(C)nnc3c2c1C. The molecule has 7 heteroatoms. The van der Waals surface area contributed by atoms with E-state index in [4.69, 9.17) is 4.74 Å². The molecule has 3 aromatic rings. The summed E-state index contributed by atoms with van der Waals surface area (Å²) in [5.74, 6) is 0.463. The molecule has 6 nitrogen and oxygen atoms in total. The third kappa shape index (κ3) is 1.69. The van der Waals surface area contributed by atoms with E-state index in [2.05, 4.69) is 15.2 Å². The molecule has 0 saturated heterocycles. The van der Waals surface area contributed by atoms with Crippen molar-refractivity contribution in [3.63, 3.8) is 0 Å². The van der Waals surface area contributed by atoms with Gasteiger partial charge in [-0.2, -0.15) is 0 Å². The van der Waals surface area contributed by atoms with Crippen LogP contribution in [-0.2, 0) is 4.74 Å². The maximum absolute atomic E-state index is 11.9. The number of nitrogens with zero attached hydrogens (tertiary/aromatic N) is 4. The first-order valence-corrected chi connectivity index (χ1v) is 6.71. The normalized spacial score (nSPS) is 11.3. The van der Waals surface area contributed by atoms with Crippen LogP contribution >= 0.6 is 11.3 Å². The fourth-order valence-electron chi connectivity index (χ4n) is 2.03. The summed E-state index contributed by atoms with van der Waals surface area (Å²) in [6, 6.07) is 0. The molecule has 0 saturated carbocycles. The molecular weight excluding hydrogens is 264 g/mol. The fraction of sp³-hybridized carbons (Fsp3) is 0.333. The predicted molar refractivity (Wildman–Crippen MR) is 71.6 cm³/mol. The van der Waals surface area contributed by atoms with Crippen molar-refractivity contribution in [3.05, 3.63) is 22.6 Å². The van der Waals surface area contributed by atoms with Crippen LogP contribution in [0.5, 0.6) is 0 Å². The highest BCUT2D eigenvalue weighted by Gasteiger charge is 2.20. The number of fused-ring (bicyclic) bond motifs is 3. The van der Waals surface area contributed by atoms with Gasteiger partial charge in [0.25, 0.3) is 0 Å². The summed E-state index contributed by atoms with van der Waals surface area (Å²) in [7, 11) is 0. The molecule has 0 aromatic carbocycles. The van der Waals surface area contributed by atoms with Crippen molar-refractivity contribution < 1.29 is 9.53 Å². The largest absolute Gasteiger partial charge is 0.462 e. The minimum Gasteiger partial charge on any atom is -0.462 e. The van der Waals surface area contributed by atoms with Gasteiger partial charge in [0.1, 0.15) is 21.9 Å². The molecule has 0 aliphatic heterocycles. The minimum absolute atomic E-state index is 0.308. The second-order valence-corrected chi connectivity index (χ2v) is 5.14. The second kappa shape index (κ2) is 4.27. The van der Waals surface area contributed by atoms with Crippen LogP contribution in [0.2, 0.25) is 0 Å². The third-order valence-corrected chi connectivity index (χ3v) is 4.15. The zero-order valence-corrected chi connectivity index (χ0v) is 11.6. The number of hydrogen-bond acceptors (Lipinski definition) is 6. The molecule has 0 bridgehead atoms. The van der Waals surface area contributed by atoms with Gasteiger partial charge in [0.15, 0.2) is 5.65 Å². The Morgan fingerprint density at radius 1 is 1.42 bits per heavy atom. The maximum atomic E-state index is 11.9. The van der Waals surface area contributed by atoms with Gasteiger partial charge in [-0.05, 0) is 26.3 Å². The highest BCUT2D eigenvalue weighted by atomic mass is 32.1. The first-order chi connectivity index (χ1) is 9.13. The molecule has 3 aromatic heterocycles. The molecule has 98 valence electrons. The summed E-state index contributed by atoms with van der Waals surface area (Å²) in [5, 5.41) is 9.06. The van der Waals surface area contributed by atoms with E-state index >= 15 is 0 Å². The van der Waals surface area contributed by atoms with Crippen molar-refractivity contribution in [2.45, 2.75) is 20.8 Å². The molecule has 19 heavy (non-hydrogen) atoms. The van der Waals surface area contributed by atoms with Gasteiger partial charge in [-0.1, -0.05) is 0 Å². The average molecular weight is 276 g/mol. The number of carbonyl (C=O) groups is 1. The first-order valence-electron chi connectivity index (χ1n) is 5.90. The minimum atomic E-state index is -0.308. The van der Waals surface area contributed by atoms with E-state index in [0.717, 1.165) is 27.3 Å². The predicted octanol–water partition coefficient (Wildman–Crippen LogP) is 2.13. The van der Waals surface area contributed by atoms with Crippen LogP contribution in [0.15, 0.2) is 6.33 Å². The lowest BCUT2D eigenvalue weighted by Gasteiger charge is -1.99. The van der Waals surface area contributed by atoms with Gasteiger partial charge < -0.3 is 4.74 Å². The van der Waals surface area contributed by atoms with E-state index in [1.165, 1.54) is 11.3 Å². The topological polar surface area (TPSA) is 69.4 Å². The molecule has 0 radical (unpaired) electrons. The van der Waals surface area contributed by atoms with E-state index in [9.17, 15) is 4.79 Å². The average Bonchev–Trinajstić information content (AvgIpc) is 2.92. The van der Waals surface area contributed by atoms with Crippen LogP contribution in [-0.4, -0.2) is 32.2 Å². The van der Waals surface area contributed by atoms with E-state index in [1.807, 2.05) is 18.2 Å². The van der Waals surface area contributed by atoms with Crippen LogP contribution in [0.4, 0.5) is 0 Å². The molecule has 0 N–H and O–H groups in total. The molecule has 0 fully saturated rings. The Morgan fingerprint density at radius 2 is 2.21 bits per heavy atom. The third-order valence-electron chi connectivity index (χ3n) is 2.97. The number of ether oxygens (including phenoxy) is 1. The van der Waals surface area contributed by atoms with Crippen molar-refractivity contribution in [2.24, 2.45) is 0 Å². The van der Waals surface area contributed by atoms with Crippen LogP contribution in [0.1, 0.15) is 28.0 Å². The van der Waals surface area contributed by atoms with Crippen molar-refractivity contribution in [3.8, 4) is 0 Å². The van der Waals surface area contributed by atoms with Gasteiger partial charge in [0.05, 0.1) is 12.0 Å². The van der Waals surface area contributed by atoms with Gasteiger partial charge in [-0.25, -0.2) is 9.78 Å². The first kappa shape index (κ1) is 12.0. The number of esters is 1. The van der Waals surface area contributed by atoms with Crippen LogP contribution in [0.3, 0.4) is 0 Å². The van der Waals surface area contributed by atoms with Gasteiger partial charge in [-0.3, -0.25) is 4.40 Å². The molecule has 3 rings (SSSR count). The molecule has 0 amide bonds. The standard InChI is InChI=1S/C12H12N4O2S/c1-4-18-12(17)9-6(2)8-10-15-14-7(3)16(10)5-13-11(8)19-9/h5H,4H2,1-3H3. The zero-order chi connectivity index (χ0) is 13.6. The summed E-state index contributed by atoms with van der Waals surface area (Å²) in [6.45, 7) is 5.90. The number of aromatic nitrogens is 4. The van der Waals surface area contributed by atoms with Crippen molar-refractivity contribution in [1.82, 2.24) is 19.6 Å². The molecule has 0 aliphatic rings. The number of carbonyl (C=O) groups excluding carboxylic acids is 1. The Labute approximate surface area is 113 Å². The number of hydrogen-bond donors (Lipinski definition) is 0. The van der Waals surface area contributed by atoms with Gasteiger partial charge >= 0.3 is 5.97 Å². The van der Waals surface area contributed by atoms with Gasteiger partial charge in [0, 0.05) is 0 Å². The summed E-state index contributed by atoms with van der Waals surface area (Å²) < 4.78 is 6.87. The van der Waals surface area contributed by atoms with Crippen LogP contribution in [0.25, 0.3) is 15.9 Å². The quantitative estimate of drug-likeness (QED) is 0.671. The molecule has 0 unspecified atom stereocenters. The fourth-order valence-corrected chi connectivity index (χ4v) is 3.07. The summed E-state index contributed by atoms with van der Waals surface area (Å²) in [6.07, 6.45) is 1.68. The maximum Gasteiger partial charge on any atom is 0.348 e. The van der Waals surface area contributed by atoms with Crippen LogP contribution < -0.4 is 0 Å². The Morgan fingerprint density at radius 3 is 2.95 bits per heavy atom. The molecule has 3 heterocycles. The number of rotatable bonds is 2. The Balaban J connectivity index is 2.32. The van der Waals surface area contributed by atoms with Crippen LogP contribution in [0, 0.1) is 13.8 Å². The summed E-state index contributed by atoms with van der Waals surface area (Å²) in [4.78, 5) is 17.6. The lowest BCUT2D eigenvalue weighted by atomic mass is 10.2. The monoisotopic (exact) mass is 276 g/mol. The second-order valence-electron chi connectivity index (χ2n) is 4.14. The highest BCUT2D eigenvalue weighted by molar-refractivity contribution is 7.20. The Kier molecular flexibility index (Phi) is 2.70. The van der Waals surface area contributed by atoms with E-state index in [-0.39, 0.29) is 5.97 Å². The van der Waals surface area contributed by atoms with Gasteiger partial charge in [-0.15, -0.1) is 21.5 Å². The van der Waals surface area contributed by atoms with E-state index in [1.54, 1.807) is 13.3 Å².